The molecule has 4 nitrogen and oxygen atoms in total. The van der Waals surface area contributed by atoms with Crippen molar-refractivity contribution in [1.29, 1.82) is 0 Å². The number of para-hydroxylation sites is 1. The van der Waals surface area contributed by atoms with Gasteiger partial charge in [-0.15, -0.1) is 0 Å². The Morgan fingerprint density at radius 3 is 3.12 bits per heavy atom. The molecule has 1 fully saturated rings. The van der Waals surface area contributed by atoms with Gasteiger partial charge in [0, 0.05) is 18.0 Å². The van der Waals surface area contributed by atoms with E-state index in [9.17, 15) is 0 Å². The molecule has 0 bridgehead atoms. The van der Waals surface area contributed by atoms with Gasteiger partial charge in [-0.05, 0) is 6.07 Å². The summed E-state index contributed by atoms with van der Waals surface area (Å²) in [5.74, 6) is 0. The van der Waals surface area contributed by atoms with Crippen LogP contribution in [0.4, 0.5) is 0 Å². The Morgan fingerprint density at radius 2 is 2.25 bits per heavy atom. The maximum atomic E-state index is 5.64. The summed E-state index contributed by atoms with van der Waals surface area (Å²) in [6.45, 7) is 1.40. The van der Waals surface area contributed by atoms with Crippen LogP contribution in [0.3, 0.4) is 0 Å². The Kier molecular flexibility index (Phi) is 2.42. The molecule has 1 aliphatic heterocycles. The van der Waals surface area contributed by atoms with Crippen molar-refractivity contribution in [3.8, 4) is 6.01 Å². The smallest absolute Gasteiger partial charge is 0.317 e. The third-order valence-corrected chi connectivity index (χ3v) is 2.63. The van der Waals surface area contributed by atoms with Crippen LogP contribution >= 0.6 is 0 Å². The highest BCUT2D eigenvalue weighted by Crippen LogP contribution is 2.16. The van der Waals surface area contributed by atoms with E-state index in [1.807, 2.05) is 24.3 Å². The number of fused-ring (bicyclic) bond motifs is 1. The molecule has 0 amide bonds. The highest BCUT2D eigenvalue weighted by atomic mass is 16.6. The van der Waals surface area contributed by atoms with Crippen LogP contribution in [-0.4, -0.2) is 29.3 Å². The first kappa shape index (κ1) is 9.54. The van der Waals surface area contributed by atoms with Gasteiger partial charge in [-0.25, -0.2) is 4.98 Å². The maximum Gasteiger partial charge on any atom is 0.317 e. The van der Waals surface area contributed by atoms with Gasteiger partial charge in [0.05, 0.1) is 18.7 Å². The summed E-state index contributed by atoms with van der Waals surface area (Å²) in [6.07, 6.45) is 2.80. The minimum Gasteiger partial charge on any atom is -0.458 e. The molecule has 3 rings (SSSR count). The fourth-order valence-electron chi connectivity index (χ4n) is 1.77. The highest BCUT2D eigenvalue weighted by molar-refractivity contribution is 5.77. The Morgan fingerprint density at radius 1 is 1.31 bits per heavy atom. The van der Waals surface area contributed by atoms with E-state index in [2.05, 4.69) is 9.97 Å². The number of aromatic nitrogens is 2. The summed E-state index contributed by atoms with van der Waals surface area (Å²) in [4.78, 5) is 8.53. The van der Waals surface area contributed by atoms with Gasteiger partial charge >= 0.3 is 6.01 Å². The summed E-state index contributed by atoms with van der Waals surface area (Å²) >= 11 is 0. The molecule has 2 heterocycles. The Balaban J connectivity index is 1.86. The van der Waals surface area contributed by atoms with Gasteiger partial charge in [0.15, 0.2) is 0 Å². The monoisotopic (exact) mass is 216 g/mol. The lowest BCUT2D eigenvalue weighted by Crippen LogP contribution is -2.17. The summed E-state index contributed by atoms with van der Waals surface area (Å²) in [5, 5.41) is 1.03. The summed E-state index contributed by atoms with van der Waals surface area (Å²) in [5.41, 5.74) is 0.909. The van der Waals surface area contributed by atoms with Crippen LogP contribution in [0.25, 0.3) is 10.9 Å². The van der Waals surface area contributed by atoms with Crippen molar-refractivity contribution in [2.24, 2.45) is 0 Å². The van der Waals surface area contributed by atoms with Crippen LogP contribution in [0.5, 0.6) is 6.01 Å². The van der Waals surface area contributed by atoms with Crippen molar-refractivity contribution in [2.75, 3.05) is 13.2 Å². The minimum atomic E-state index is 0.0983. The Labute approximate surface area is 93.2 Å². The molecule has 4 heteroatoms. The average Bonchev–Trinajstić information content (AvgIpc) is 2.82. The van der Waals surface area contributed by atoms with Crippen molar-refractivity contribution in [3.63, 3.8) is 0 Å². The second-order valence-electron chi connectivity index (χ2n) is 3.81. The van der Waals surface area contributed by atoms with Crippen molar-refractivity contribution >= 4 is 10.9 Å². The number of ether oxygens (including phenoxy) is 2. The van der Waals surface area contributed by atoms with E-state index in [0.29, 0.717) is 12.6 Å². The van der Waals surface area contributed by atoms with E-state index in [1.165, 1.54) is 0 Å². The minimum absolute atomic E-state index is 0.0983. The molecule has 1 aromatic carbocycles. The third kappa shape index (κ3) is 1.84. The van der Waals surface area contributed by atoms with Crippen LogP contribution in [0.15, 0.2) is 30.5 Å². The Bertz CT molecular complexity index is 495. The molecule has 82 valence electrons. The van der Waals surface area contributed by atoms with Gasteiger partial charge in [-0.3, -0.25) is 0 Å². The van der Waals surface area contributed by atoms with Gasteiger partial charge < -0.3 is 9.47 Å². The molecule has 16 heavy (non-hydrogen) atoms. The third-order valence-electron chi connectivity index (χ3n) is 2.63. The van der Waals surface area contributed by atoms with E-state index in [-0.39, 0.29) is 6.10 Å². The fraction of sp³-hybridized carbons (Fsp3) is 0.333. The molecule has 1 unspecified atom stereocenters. The van der Waals surface area contributed by atoms with Crippen molar-refractivity contribution in [3.05, 3.63) is 30.5 Å². The van der Waals surface area contributed by atoms with Crippen LogP contribution in [-0.2, 0) is 4.74 Å². The average molecular weight is 216 g/mol. The maximum absolute atomic E-state index is 5.64. The molecule has 0 aliphatic carbocycles. The zero-order chi connectivity index (χ0) is 10.8. The molecule has 1 atom stereocenters. The first-order valence-electron chi connectivity index (χ1n) is 5.38. The zero-order valence-electron chi connectivity index (χ0n) is 8.80. The Hall–Kier alpha value is -1.68. The van der Waals surface area contributed by atoms with E-state index in [4.69, 9.17) is 9.47 Å². The summed E-state index contributed by atoms with van der Waals surface area (Å²) in [7, 11) is 0. The molecule has 0 spiro atoms. The lowest BCUT2D eigenvalue weighted by molar-refractivity contribution is 0.134. The van der Waals surface area contributed by atoms with Crippen LogP contribution in [0.2, 0.25) is 0 Å². The van der Waals surface area contributed by atoms with Gasteiger partial charge in [0.1, 0.15) is 6.10 Å². The second kappa shape index (κ2) is 4.06. The van der Waals surface area contributed by atoms with E-state index < -0.39 is 0 Å². The molecule has 1 aliphatic rings. The highest BCUT2D eigenvalue weighted by Gasteiger charge is 2.18. The normalized spacial score (nSPS) is 20.1. The number of hydrogen-bond donors (Lipinski definition) is 0. The number of hydrogen-bond acceptors (Lipinski definition) is 4. The second-order valence-corrected chi connectivity index (χ2v) is 3.81. The molecule has 0 radical (unpaired) electrons. The fourth-order valence-corrected chi connectivity index (χ4v) is 1.77. The van der Waals surface area contributed by atoms with Gasteiger partial charge in [0.25, 0.3) is 0 Å². The molecule has 1 aromatic heterocycles. The topological polar surface area (TPSA) is 44.2 Å². The standard InChI is InChI=1S/C12H12N2O2/c1-2-4-11-9(3-1)7-13-12(14-11)16-10-5-6-15-8-10/h1-4,7,10H,5-6,8H2. The lowest BCUT2D eigenvalue weighted by atomic mass is 10.2. The van der Waals surface area contributed by atoms with Crippen LogP contribution < -0.4 is 4.74 Å². The first-order valence-corrected chi connectivity index (χ1v) is 5.38. The number of benzene rings is 1. The van der Waals surface area contributed by atoms with Crippen molar-refractivity contribution in [1.82, 2.24) is 9.97 Å². The van der Waals surface area contributed by atoms with Crippen molar-refractivity contribution < 1.29 is 9.47 Å². The largest absolute Gasteiger partial charge is 0.458 e. The first-order chi connectivity index (χ1) is 7.92. The zero-order valence-corrected chi connectivity index (χ0v) is 8.80. The molecule has 0 N–H and O–H groups in total. The van der Waals surface area contributed by atoms with Crippen LogP contribution in [0, 0.1) is 0 Å². The van der Waals surface area contributed by atoms with Crippen LogP contribution in [0.1, 0.15) is 6.42 Å². The lowest BCUT2D eigenvalue weighted by Gasteiger charge is -2.09. The molecule has 1 saturated heterocycles. The van der Waals surface area contributed by atoms with Crippen molar-refractivity contribution in [2.45, 2.75) is 12.5 Å². The van der Waals surface area contributed by atoms with E-state index >= 15 is 0 Å². The van der Waals surface area contributed by atoms with Gasteiger partial charge in [-0.1, -0.05) is 18.2 Å². The van der Waals surface area contributed by atoms with Gasteiger partial charge in [-0.2, -0.15) is 4.98 Å². The quantitative estimate of drug-likeness (QED) is 0.767. The number of nitrogens with zero attached hydrogens (tertiary/aromatic N) is 2. The molecule has 2 aromatic rings. The summed E-state index contributed by atoms with van der Waals surface area (Å²) < 4.78 is 10.9. The SMILES string of the molecule is c1ccc2nc(OC3CCOC3)ncc2c1. The van der Waals surface area contributed by atoms with E-state index in [0.717, 1.165) is 23.9 Å². The molecular weight excluding hydrogens is 204 g/mol. The molecular formula is C12H12N2O2. The van der Waals surface area contributed by atoms with E-state index in [1.54, 1.807) is 6.20 Å². The predicted octanol–water partition coefficient (Wildman–Crippen LogP) is 1.80. The van der Waals surface area contributed by atoms with Gasteiger partial charge in [0.2, 0.25) is 0 Å². The summed E-state index contributed by atoms with van der Waals surface area (Å²) in [6, 6.07) is 8.30. The predicted molar refractivity (Wildman–Crippen MR) is 59.4 cm³/mol. The molecule has 0 saturated carbocycles. The number of rotatable bonds is 2.